The van der Waals surface area contributed by atoms with Gasteiger partial charge in [0.15, 0.2) is 5.82 Å². The molecule has 2 heterocycles. The van der Waals surface area contributed by atoms with Gasteiger partial charge in [-0.1, -0.05) is 0 Å². The molecule has 78 valence electrons. The summed E-state index contributed by atoms with van der Waals surface area (Å²) in [5.41, 5.74) is 5.47. The molecule has 0 radical (unpaired) electrons. The largest absolute Gasteiger partial charge is 0.366 e. The molecule has 2 N–H and O–H groups in total. The SMILES string of the molecule is Nc1nc(Br)n(-c2ncc(Br)cc2Br)n1. The summed E-state index contributed by atoms with van der Waals surface area (Å²) >= 11 is 9.95. The van der Waals surface area contributed by atoms with Gasteiger partial charge in [-0.05, 0) is 53.9 Å². The molecule has 0 aliphatic rings. The van der Waals surface area contributed by atoms with E-state index in [1.165, 1.54) is 4.68 Å². The summed E-state index contributed by atoms with van der Waals surface area (Å²) in [6, 6.07) is 1.87. The summed E-state index contributed by atoms with van der Waals surface area (Å²) in [6.07, 6.45) is 1.67. The van der Waals surface area contributed by atoms with E-state index in [9.17, 15) is 0 Å². The molecule has 15 heavy (non-hydrogen) atoms. The molecule has 8 heteroatoms. The Hall–Kier alpha value is -0.470. The highest BCUT2D eigenvalue weighted by Gasteiger charge is 2.11. The lowest BCUT2D eigenvalue weighted by Gasteiger charge is -2.03. The normalized spacial score (nSPS) is 10.6. The Balaban J connectivity index is 2.59. The smallest absolute Gasteiger partial charge is 0.240 e. The van der Waals surface area contributed by atoms with Crippen LogP contribution in [0, 0.1) is 0 Å². The van der Waals surface area contributed by atoms with Crippen LogP contribution >= 0.6 is 47.8 Å². The third-order valence-corrected chi connectivity index (χ3v) is 3.10. The van der Waals surface area contributed by atoms with E-state index in [-0.39, 0.29) is 5.95 Å². The van der Waals surface area contributed by atoms with Crippen LogP contribution in [0.25, 0.3) is 5.82 Å². The van der Waals surface area contributed by atoms with Crippen LogP contribution in [-0.4, -0.2) is 19.7 Å². The van der Waals surface area contributed by atoms with Crippen molar-refractivity contribution in [2.45, 2.75) is 0 Å². The Bertz CT molecular complexity index is 509. The summed E-state index contributed by atoms with van der Waals surface area (Å²) in [5, 5.41) is 4.00. The van der Waals surface area contributed by atoms with E-state index in [0.29, 0.717) is 10.6 Å². The fraction of sp³-hybridized carbons (Fsp3) is 0. The highest BCUT2D eigenvalue weighted by atomic mass is 79.9. The van der Waals surface area contributed by atoms with Gasteiger partial charge in [0.2, 0.25) is 10.7 Å². The molecule has 2 aromatic heterocycles. The van der Waals surface area contributed by atoms with Crippen LogP contribution in [0.4, 0.5) is 5.95 Å². The van der Waals surface area contributed by atoms with Gasteiger partial charge in [0.1, 0.15) is 0 Å². The fourth-order valence-corrected chi connectivity index (χ4v) is 2.59. The maximum atomic E-state index is 5.47. The molecule has 5 nitrogen and oxygen atoms in total. The van der Waals surface area contributed by atoms with Gasteiger partial charge >= 0.3 is 0 Å². The lowest BCUT2D eigenvalue weighted by molar-refractivity contribution is 0.822. The van der Waals surface area contributed by atoms with Gasteiger partial charge in [0.25, 0.3) is 0 Å². The van der Waals surface area contributed by atoms with Gasteiger partial charge in [-0.2, -0.15) is 9.67 Å². The van der Waals surface area contributed by atoms with Crippen LogP contribution in [0.2, 0.25) is 0 Å². The predicted octanol–water partition coefficient (Wildman–Crippen LogP) is 2.53. The minimum Gasteiger partial charge on any atom is -0.366 e. The van der Waals surface area contributed by atoms with E-state index in [4.69, 9.17) is 5.73 Å². The van der Waals surface area contributed by atoms with Crippen LogP contribution in [-0.2, 0) is 0 Å². The quantitative estimate of drug-likeness (QED) is 0.802. The van der Waals surface area contributed by atoms with Gasteiger partial charge in [-0.25, -0.2) is 4.98 Å². The van der Waals surface area contributed by atoms with Crippen LogP contribution in [0.3, 0.4) is 0 Å². The number of nitrogens with two attached hydrogens (primary N) is 1. The molecule has 0 aliphatic heterocycles. The molecule has 0 saturated heterocycles. The Labute approximate surface area is 110 Å². The number of pyridine rings is 1. The zero-order valence-electron chi connectivity index (χ0n) is 7.15. The lowest BCUT2D eigenvalue weighted by Crippen LogP contribution is -2.01. The molecule has 0 bridgehead atoms. The Morgan fingerprint density at radius 2 is 2.00 bits per heavy atom. The van der Waals surface area contributed by atoms with Crippen molar-refractivity contribution >= 4 is 53.7 Å². The molecule has 2 rings (SSSR count). The minimum absolute atomic E-state index is 0.193. The van der Waals surface area contributed by atoms with Crippen molar-refractivity contribution in [3.05, 3.63) is 25.9 Å². The standard InChI is InChI=1S/C7H4Br3N5/c8-3-1-4(9)5(12-2-3)15-6(10)13-7(11)14-15/h1-2H,(H2,11,14). The van der Waals surface area contributed by atoms with E-state index in [1.54, 1.807) is 6.20 Å². The molecular formula is C7H4Br3N5. The first-order valence-corrected chi connectivity index (χ1v) is 6.15. The Kier molecular flexibility index (Phi) is 3.08. The maximum Gasteiger partial charge on any atom is 0.240 e. The number of rotatable bonds is 1. The summed E-state index contributed by atoms with van der Waals surface area (Å²) in [6.45, 7) is 0. The number of anilines is 1. The zero-order chi connectivity index (χ0) is 11.0. The van der Waals surface area contributed by atoms with Crippen molar-refractivity contribution in [2.75, 3.05) is 5.73 Å². The van der Waals surface area contributed by atoms with Gasteiger partial charge in [-0.3, -0.25) is 0 Å². The van der Waals surface area contributed by atoms with Crippen molar-refractivity contribution in [2.24, 2.45) is 0 Å². The Morgan fingerprint density at radius 3 is 2.53 bits per heavy atom. The zero-order valence-corrected chi connectivity index (χ0v) is 11.9. The molecule has 0 spiro atoms. The average Bonchev–Trinajstić information content (AvgIpc) is 2.45. The van der Waals surface area contributed by atoms with E-state index in [2.05, 4.69) is 62.9 Å². The van der Waals surface area contributed by atoms with Gasteiger partial charge in [0, 0.05) is 10.7 Å². The topological polar surface area (TPSA) is 69.6 Å². The third kappa shape index (κ3) is 2.21. The maximum absolute atomic E-state index is 5.47. The number of nitrogens with zero attached hydrogens (tertiary/aromatic N) is 4. The fourth-order valence-electron chi connectivity index (χ4n) is 1.01. The van der Waals surface area contributed by atoms with Crippen molar-refractivity contribution in [3.8, 4) is 5.82 Å². The first-order valence-electron chi connectivity index (χ1n) is 3.77. The molecule has 0 aliphatic carbocycles. The van der Waals surface area contributed by atoms with E-state index >= 15 is 0 Å². The van der Waals surface area contributed by atoms with Crippen molar-refractivity contribution in [1.29, 1.82) is 0 Å². The highest BCUT2D eigenvalue weighted by Crippen LogP contribution is 2.24. The molecule has 0 amide bonds. The lowest BCUT2D eigenvalue weighted by atomic mass is 10.5. The first kappa shape index (κ1) is 11.0. The van der Waals surface area contributed by atoms with Gasteiger partial charge in [-0.15, -0.1) is 5.10 Å². The second-order valence-electron chi connectivity index (χ2n) is 2.61. The van der Waals surface area contributed by atoms with Crippen LogP contribution in [0.1, 0.15) is 0 Å². The number of aromatic nitrogens is 4. The minimum atomic E-state index is 0.193. The summed E-state index contributed by atoms with van der Waals surface area (Å²) in [4.78, 5) is 8.13. The van der Waals surface area contributed by atoms with E-state index in [1.807, 2.05) is 6.07 Å². The highest BCUT2D eigenvalue weighted by molar-refractivity contribution is 9.11. The van der Waals surface area contributed by atoms with Crippen LogP contribution in [0.15, 0.2) is 25.9 Å². The second kappa shape index (κ2) is 4.18. The second-order valence-corrected chi connectivity index (χ2v) is 5.09. The number of hydrogen-bond acceptors (Lipinski definition) is 4. The monoisotopic (exact) mass is 395 g/mol. The van der Waals surface area contributed by atoms with E-state index in [0.717, 1.165) is 8.95 Å². The molecule has 2 aromatic rings. The van der Waals surface area contributed by atoms with Gasteiger partial charge < -0.3 is 5.73 Å². The van der Waals surface area contributed by atoms with Crippen LogP contribution in [0.5, 0.6) is 0 Å². The molecule has 0 fully saturated rings. The molecule has 0 atom stereocenters. The van der Waals surface area contributed by atoms with Gasteiger partial charge in [0.05, 0.1) is 4.47 Å². The van der Waals surface area contributed by atoms with E-state index < -0.39 is 0 Å². The number of halogens is 3. The predicted molar refractivity (Wildman–Crippen MR) is 66.7 cm³/mol. The van der Waals surface area contributed by atoms with Crippen molar-refractivity contribution in [3.63, 3.8) is 0 Å². The summed E-state index contributed by atoms with van der Waals surface area (Å²) < 4.78 is 3.69. The first-order chi connectivity index (χ1) is 7.08. The number of hydrogen-bond donors (Lipinski definition) is 1. The Morgan fingerprint density at radius 1 is 1.27 bits per heavy atom. The summed E-state index contributed by atoms with van der Waals surface area (Å²) in [5.74, 6) is 0.813. The molecule has 0 unspecified atom stereocenters. The van der Waals surface area contributed by atoms with Crippen molar-refractivity contribution in [1.82, 2.24) is 19.7 Å². The van der Waals surface area contributed by atoms with Crippen LogP contribution < -0.4 is 5.73 Å². The summed E-state index contributed by atoms with van der Waals surface area (Å²) in [7, 11) is 0. The number of nitrogen functional groups attached to an aromatic ring is 1. The van der Waals surface area contributed by atoms with Crippen molar-refractivity contribution < 1.29 is 0 Å². The molecule has 0 saturated carbocycles. The molecular weight excluding hydrogens is 394 g/mol. The third-order valence-electron chi connectivity index (χ3n) is 1.57. The average molecular weight is 398 g/mol. The molecule has 0 aromatic carbocycles.